The third-order valence-electron chi connectivity index (χ3n) is 6.22. The van der Waals surface area contributed by atoms with Crippen molar-refractivity contribution in [2.75, 3.05) is 26.7 Å². The SMILES string of the molecule is COC(=O)c1cccc(CN2CC3(CCN(Cc4ccc(C(F)(F)F)cc4)CC3)OC2=O)c1. The van der Waals surface area contributed by atoms with E-state index in [1.807, 2.05) is 6.07 Å². The topological polar surface area (TPSA) is 59.1 Å². The van der Waals surface area contributed by atoms with Crippen LogP contribution in [0.1, 0.15) is 39.9 Å². The predicted molar refractivity (Wildman–Crippen MR) is 113 cm³/mol. The predicted octanol–water partition coefficient (Wildman–Crippen LogP) is 4.48. The normalized spacial score (nSPS) is 18.4. The fraction of sp³-hybridized carbons (Fsp3) is 0.417. The summed E-state index contributed by atoms with van der Waals surface area (Å²) in [7, 11) is 1.32. The van der Waals surface area contributed by atoms with E-state index in [9.17, 15) is 22.8 Å². The van der Waals surface area contributed by atoms with Gasteiger partial charge in [-0.15, -0.1) is 0 Å². The van der Waals surface area contributed by atoms with Crippen molar-refractivity contribution in [1.29, 1.82) is 0 Å². The minimum Gasteiger partial charge on any atom is -0.465 e. The monoisotopic (exact) mass is 462 g/mol. The maximum Gasteiger partial charge on any atom is 0.416 e. The Morgan fingerprint density at radius 3 is 2.39 bits per heavy atom. The molecule has 2 saturated heterocycles. The molecular formula is C24H25F3N2O4. The molecule has 1 amide bonds. The first kappa shape index (κ1) is 23.1. The fourth-order valence-corrected chi connectivity index (χ4v) is 4.39. The molecule has 0 N–H and O–H groups in total. The average molecular weight is 462 g/mol. The Hall–Kier alpha value is -3.07. The van der Waals surface area contributed by atoms with Crippen LogP contribution >= 0.6 is 0 Å². The molecule has 2 fully saturated rings. The van der Waals surface area contributed by atoms with Crippen LogP contribution in [-0.4, -0.2) is 54.2 Å². The molecule has 0 radical (unpaired) electrons. The Morgan fingerprint density at radius 1 is 1.06 bits per heavy atom. The quantitative estimate of drug-likeness (QED) is 0.614. The third-order valence-corrected chi connectivity index (χ3v) is 6.22. The number of nitrogens with zero attached hydrogens (tertiary/aromatic N) is 2. The third kappa shape index (κ3) is 5.30. The van der Waals surface area contributed by atoms with Crippen LogP contribution in [0.4, 0.5) is 18.0 Å². The Labute approximate surface area is 189 Å². The molecule has 2 aliphatic rings. The summed E-state index contributed by atoms with van der Waals surface area (Å²) in [6.45, 7) is 2.70. The maximum absolute atomic E-state index is 12.7. The van der Waals surface area contributed by atoms with E-state index in [-0.39, 0.29) is 6.09 Å². The number of rotatable bonds is 5. The number of methoxy groups -OCH3 is 1. The molecule has 6 nitrogen and oxygen atoms in total. The summed E-state index contributed by atoms with van der Waals surface area (Å²) < 4.78 is 48.7. The summed E-state index contributed by atoms with van der Waals surface area (Å²) >= 11 is 0. The van der Waals surface area contributed by atoms with Gasteiger partial charge in [0.15, 0.2) is 0 Å². The second-order valence-electron chi connectivity index (χ2n) is 8.57. The van der Waals surface area contributed by atoms with Gasteiger partial charge in [-0.25, -0.2) is 9.59 Å². The minimum atomic E-state index is -4.34. The molecule has 0 unspecified atom stereocenters. The number of halogens is 3. The summed E-state index contributed by atoms with van der Waals surface area (Å²) in [4.78, 5) is 28.1. The Bertz CT molecular complexity index is 1020. The van der Waals surface area contributed by atoms with Gasteiger partial charge < -0.3 is 9.47 Å². The zero-order valence-corrected chi connectivity index (χ0v) is 18.2. The Kier molecular flexibility index (Phi) is 6.34. The molecule has 0 bridgehead atoms. The molecule has 1 spiro atoms. The van der Waals surface area contributed by atoms with E-state index < -0.39 is 23.3 Å². The van der Waals surface area contributed by atoms with Gasteiger partial charge in [0.25, 0.3) is 0 Å². The number of alkyl halides is 3. The first-order chi connectivity index (χ1) is 15.7. The lowest BCUT2D eigenvalue weighted by Gasteiger charge is -2.37. The van der Waals surface area contributed by atoms with Crippen molar-refractivity contribution in [2.24, 2.45) is 0 Å². The number of amides is 1. The van der Waals surface area contributed by atoms with Gasteiger partial charge in [0.1, 0.15) is 5.60 Å². The molecule has 0 aliphatic carbocycles. The number of benzene rings is 2. The van der Waals surface area contributed by atoms with Crippen LogP contribution in [0.25, 0.3) is 0 Å². The summed E-state index contributed by atoms with van der Waals surface area (Å²) in [6.07, 6.45) is -3.42. The highest BCUT2D eigenvalue weighted by molar-refractivity contribution is 5.89. The van der Waals surface area contributed by atoms with E-state index in [4.69, 9.17) is 9.47 Å². The van der Waals surface area contributed by atoms with Crippen molar-refractivity contribution >= 4 is 12.1 Å². The van der Waals surface area contributed by atoms with Gasteiger partial charge in [0.05, 0.1) is 24.8 Å². The second kappa shape index (κ2) is 9.05. The molecule has 2 aliphatic heterocycles. The van der Waals surface area contributed by atoms with Crippen molar-refractivity contribution in [3.63, 3.8) is 0 Å². The lowest BCUT2D eigenvalue weighted by molar-refractivity contribution is -0.137. The van der Waals surface area contributed by atoms with Crippen LogP contribution in [0.15, 0.2) is 48.5 Å². The molecule has 0 aromatic heterocycles. The first-order valence-electron chi connectivity index (χ1n) is 10.7. The van der Waals surface area contributed by atoms with Gasteiger partial charge in [-0.2, -0.15) is 13.2 Å². The van der Waals surface area contributed by atoms with Crippen LogP contribution in [0.2, 0.25) is 0 Å². The number of hydrogen-bond donors (Lipinski definition) is 0. The van der Waals surface area contributed by atoms with Crippen molar-refractivity contribution in [3.05, 3.63) is 70.8 Å². The van der Waals surface area contributed by atoms with Gasteiger partial charge >= 0.3 is 18.2 Å². The van der Waals surface area contributed by atoms with Crippen molar-refractivity contribution in [2.45, 2.75) is 37.7 Å². The van der Waals surface area contributed by atoms with Crippen LogP contribution in [0.5, 0.6) is 0 Å². The Balaban J connectivity index is 1.33. The van der Waals surface area contributed by atoms with E-state index in [0.717, 1.165) is 23.3 Å². The highest BCUT2D eigenvalue weighted by Crippen LogP contribution is 2.35. The smallest absolute Gasteiger partial charge is 0.416 e. The van der Waals surface area contributed by atoms with E-state index in [1.165, 1.54) is 19.2 Å². The molecule has 33 heavy (non-hydrogen) atoms. The second-order valence-corrected chi connectivity index (χ2v) is 8.57. The fourth-order valence-electron chi connectivity index (χ4n) is 4.39. The van der Waals surface area contributed by atoms with Gasteiger partial charge in [-0.1, -0.05) is 24.3 Å². The molecule has 0 atom stereocenters. The molecule has 4 rings (SSSR count). The molecule has 176 valence electrons. The van der Waals surface area contributed by atoms with Crippen LogP contribution in [0, 0.1) is 0 Å². The van der Waals surface area contributed by atoms with E-state index in [2.05, 4.69) is 4.90 Å². The van der Waals surface area contributed by atoms with Crippen LogP contribution in [-0.2, 0) is 28.7 Å². The van der Waals surface area contributed by atoms with Crippen LogP contribution in [0.3, 0.4) is 0 Å². The number of ether oxygens (including phenoxy) is 2. The summed E-state index contributed by atoms with van der Waals surface area (Å²) in [5, 5.41) is 0. The summed E-state index contributed by atoms with van der Waals surface area (Å²) in [5.41, 5.74) is 0.835. The van der Waals surface area contributed by atoms with Gasteiger partial charge in [0.2, 0.25) is 0 Å². The highest BCUT2D eigenvalue weighted by atomic mass is 19.4. The molecule has 0 saturated carbocycles. The minimum absolute atomic E-state index is 0.334. The number of piperidine rings is 1. The lowest BCUT2D eigenvalue weighted by atomic mass is 9.91. The van der Waals surface area contributed by atoms with Gasteiger partial charge in [0, 0.05) is 39.0 Å². The number of carbonyl (C=O) groups is 2. The molecule has 2 aromatic rings. The van der Waals surface area contributed by atoms with Crippen LogP contribution < -0.4 is 0 Å². The largest absolute Gasteiger partial charge is 0.465 e. The molecule has 2 heterocycles. The number of esters is 1. The maximum atomic E-state index is 12.7. The van der Waals surface area contributed by atoms with E-state index in [0.29, 0.717) is 51.1 Å². The van der Waals surface area contributed by atoms with Crippen molar-refractivity contribution in [1.82, 2.24) is 9.80 Å². The average Bonchev–Trinajstić information content (AvgIpc) is 3.09. The first-order valence-corrected chi connectivity index (χ1v) is 10.7. The molecule has 2 aromatic carbocycles. The number of likely N-dealkylation sites (tertiary alicyclic amines) is 1. The number of carbonyl (C=O) groups excluding carboxylic acids is 2. The Morgan fingerprint density at radius 2 is 1.76 bits per heavy atom. The molecule has 9 heteroatoms. The molecular weight excluding hydrogens is 437 g/mol. The standard InChI is InChI=1S/C24H25F3N2O4/c1-32-21(30)19-4-2-3-18(13-19)15-29-16-23(33-22(29)31)9-11-28(12-10-23)14-17-5-7-20(8-6-17)24(25,26)27/h2-8,13H,9-12,14-16H2,1H3. The zero-order chi connectivity index (χ0) is 23.6. The van der Waals surface area contributed by atoms with Crippen molar-refractivity contribution in [3.8, 4) is 0 Å². The van der Waals surface area contributed by atoms with E-state index in [1.54, 1.807) is 23.1 Å². The zero-order valence-electron chi connectivity index (χ0n) is 18.2. The van der Waals surface area contributed by atoms with Crippen molar-refractivity contribution < 1.29 is 32.2 Å². The van der Waals surface area contributed by atoms with E-state index >= 15 is 0 Å². The van der Waals surface area contributed by atoms with Gasteiger partial charge in [-0.3, -0.25) is 9.80 Å². The highest BCUT2D eigenvalue weighted by Gasteiger charge is 2.46. The van der Waals surface area contributed by atoms with Gasteiger partial charge in [-0.05, 0) is 35.4 Å². The lowest BCUT2D eigenvalue weighted by Crippen LogP contribution is -2.46. The number of hydrogen-bond acceptors (Lipinski definition) is 5. The summed E-state index contributed by atoms with van der Waals surface area (Å²) in [6, 6.07) is 12.2. The summed E-state index contributed by atoms with van der Waals surface area (Å²) in [5.74, 6) is -0.433.